The summed E-state index contributed by atoms with van der Waals surface area (Å²) < 4.78 is 11.0. The van der Waals surface area contributed by atoms with E-state index in [4.69, 9.17) is 9.15 Å². The average Bonchev–Trinajstić information content (AvgIpc) is 3.09. The fourth-order valence-corrected chi connectivity index (χ4v) is 2.63. The number of hydrogen-bond acceptors (Lipinski definition) is 4. The van der Waals surface area contributed by atoms with Gasteiger partial charge in [-0.3, -0.25) is 4.79 Å². The van der Waals surface area contributed by atoms with Crippen molar-refractivity contribution in [3.63, 3.8) is 0 Å². The molecule has 1 atom stereocenters. The number of carbonyl (C=O) groups is 1. The van der Waals surface area contributed by atoms with Gasteiger partial charge in [-0.05, 0) is 36.2 Å². The monoisotopic (exact) mass is 301 g/mol. The molecule has 0 radical (unpaired) electrons. The fraction of sp³-hybridized carbons (Fsp3) is 0.353. The van der Waals surface area contributed by atoms with Crippen molar-refractivity contribution < 1.29 is 19.1 Å². The molecular formula is C17H19NO4. The molecule has 1 saturated heterocycles. The molecule has 0 spiro atoms. The van der Waals surface area contributed by atoms with E-state index in [9.17, 15) is 9.90 Å². The van der Waals surface area contributed by atoms with Gasteiger partial charge in [0, 0.05) is 6.54 Å². The predicted molar refractivity (Wildman–Crippen MR) is 80.8 cm³/mol. The van der Waals surface area contributed by atoms with Crippen LogP contribution in [0.4, 0.5) is 0 Å². The van der Waals surface area contributed by atoms with Crippen LogP contribution in [0.15, 0.2) is 41.0 Å². The molecule has 1 aromatic heterocycles. The molecule has 1 N–H and O–H groups in total. The lowest BCUT2D eigenvalue weighted by atomic mass is 10.1. The number of aromatic hydroxyl groups is 1. The average molecular weight is 301 g/mol. The smallest absolute Gasteiger partial charge is 0.257 e. The van der Waals surface area contributed by atoms with Crippen LogP contribution in [-0.2, 0) is 11.2 Å². The van der Waals surface area contributed by atoms with Crippen molar-refractivity contribution in [3.8, 4) is 5.75 Å². The van der Waals surface area contributed by atoms with Crippen LogP contribution in [0.5, 0.6) is 5.75 Å². The predicted octanol–water partition coefficient (Wildman–Crippen LogP) is 2.76. The maximum absolute atomic E-state index is 12.7. The minimum Gasteiger partial charge on any atom is -0.507 e. The van der Waals surface area contributed by atoms with Gasteiger partial charge in [-0.1, -0.05) is 13.0 Å². The molecule has 0 bridgehead atoms. The molecule has 0 saturated carbocycles. The van der Waals surface area contributed by atoms with E-state index in [1.165, 1.54) is 0 Å². The first-order valence-corrected chi connectivity index (χ1v) is 7.45. The molecule has 2 aromatic rings. The van der Waals surface area contributed by atoms with E-state index in [1.54, 1.807) is 29.4 Å². The summed E-state index contributed by atoms with van der Waals surface area (Å²) >= 11 is 0. The van der Waals surface area contributed by atoms with Crippen LogP contribution in [0.3, 0.4) is 0 Å². The number of morpholine rings is 1. The molecule has 3 rings (SSSR count). The van der Waals surface area contributed by atoms with Crippen molar-refractivity contribution in [2.24, 2.45) is 0 Å². The standard InChI is InChI=1S/C17H19NO4/c1-2-12-5-6-14(19)13(10-12)17(20)18-7-9-22-16(11-18)15-4-3-8-21-15/h3-6,8,10,16,19H,2,7,9,11H2,1H3. The summed E-state index contributed by atoms with van der Waals surface area (Å²) in [7, 11) is 0. The van der Waals surface area contributed by atoms with Gasteiger partial charge in [0.15, 0.2) is 0 Å². The van der Waals surface area contributed by atoms with Crippen molar-refractivity contribution in [2.45, 2.75) is 19.4 Å². The van der Waals surface area contributed by atoms with E-state index in [2.05, 4.69) is 0 Å². The van der Waals surface area contributed by atoms with Gasteiger partial charge in [-0.15, -0.1) is 0 Å². The second-order valence-electron chi connectivity index (χ2n) is 5.33. The van der Waals surface area contributed by atoms with Crippen molar-refractivity contribution in [1.82, 2.24) is 4.90 Å². The van der Waals surface area contributed by atoms with Crippen molar-refractivity contribution in [2.75, 3.05) is 19.7 Å². The third-order valence-electron chi connectivity index (χ3n) is 3.91. The SMILES string of the molecule is CCc1ccc(O)c(C(=O)N2CCOC(c3ccco3)C2)c1. The van der Waals surface area contributed by atoms with E-state index in [0.717, 1.165) is 12.0 Å². The summed E-state index contributed by atoms with van der Waals surface area (Å²) in [5.74, 6) is 0.555. The Bertz CT molecular complexity index is 651. The quantitative estimate of drug-likeness (QED) is 0.947. The van der Waals surface area contributed by atoms with Gasteiger partial charge in [0.25, 0.3) is 5.91 Å². The Balaban J connectivity index is 1.80. The molecule has 1 unspecified atom stereocenters. The van der Waals surface area contributed by atoms with Gasteiger partial charge in [0.2, 0.25) is 0 Å². The van der Waals surface area contributed by atoms with Gasteiger partial charge in [0.05, 0.1) is 25.0 Å². The van der Waals surface area contributed by atoms with Crippen LogP contribution in [0.25, 0.3) is 0 Å². The minimum absolute atomic E-state index is 0.0169. The number of rotatable bonds is 3. The Morgan fingerprint density at radius 2 is 2.27 bits per heavy atom. The Morgan fingerprint density at radius 1 is 1.41 bits per heavy atom. The number of furan rings is 1. The number of benzene rings is 1. The molecule has 116 valence electrons. The second-order valence-corrected chi connectivity index (χ2v) is 5.33. The van der Waals surface area contributed by atoms with Crippen LogP contribution in [0.2, 0.25) is 0 Å². The van der Waals surface area contributed by atoms with E-state index in [-0.39, 0.29) is 17.8 Å². The molecule has 1 fully saturated rings. The van der Waals surface area contributed by atoms with Crippen molar-refractivity contribution in [1.29, 1.82) is 0 Å². The van der Waals surface area contributed by atoms with Crippen molar-refractivity contribution in [3.05, 3.63) is 53.5 Å². The molecule has 1 aliphatic heterocycles. The van der Waals surface area contributed by atoms with E-state index < -0.39 is 0 Å². The molecule has 22 heavy (non-hydrogen) atoms. The number of nitrogens with zero attached hydrogens (tertiary/aromatic N) is 1. The lowest BCUT2D eigenvalue weighted by Gasteiger charge is -2.32. The van der Waals surface area contributed by atoms with E-state index in [0.29, 0.717) is 31.0 Å². The summed E-state index contributed by atoms with van der Waals surface area (Å²) in [6.07, 6.45) is 2.15. The summed E-state index contributed by atoms with van der Waals surface area (Å²) in [5.41, 5.74) is 1.37. The second kappa shape index (κ2) is 6.23. The topological polar surface area (TPSA) is 62.9 Å². The van der Waals surface area contributed by atoms with E-state index in [1.807, 2.05) is 19.1 Å². The van der Waals surface area contributed by atoms with Gasteiger partial charge in [-0.2, -0.15) is 0 Å². The molecule has 1 aliphatic rings. The van der Waals surface area contributed by atoms with Crippen LogP contribution in [0, 0.1) is 0 Å². The highest BCUT2D eigenvalue weighted by Crippen LogP contribution is 2.26. The first-order chi connectivity index (χ1) is 10.7. The highest BCUT2D eigenvalue weighted by atomic mass is 16.5. The van der Waals surface area contributed by atoms with Crippen LogP contribution >= 0.6 is 0 Å². The Morgan fingerprint density at radius 3 is 3.00 bits per heavy atom. The van der Waals surface area contributed by atoms with E-state index >= 15 is 0 Å². The Labute approximate surface area is 129 Å². The zero-order valence-corrected chi connectivity index (χ0v) is 12.5. The maximum Gasteiger partial charge on any atom is 0.257 e. The lowest BCUT2D eigenvalue weighted by molar-refractivity contribution is -0.0322. The molecule has 5 heteroatoms. The number of amides is 1. The fourth-order valence-electron chi connectivity index (χ4n) is 2.63. The molecule has 0 aliphatic carbocycles. The molecule has 1 aromatic carbocycles. The molecular weight excluding hydrogens is 282 g/mol. The number of carbonyl (C=O) groups excluding carboxylic acids is 1. The van der Waals surface area contributed by atoms with Gasteiger partial charge in [0.1, 0.15) is 17.6 Å². The zero-order valence-electron chi connectivity index (χ0n) is 12.5. The van der Waals surface area contributed by atoms with Gasteiger partial charge in [-0.25, -0.2) is 0 Å². The molecule has 2 heterocycles. The first-order valence-electron chi connectivity index (χ1n) is 7.45. The normalized spacial score (nSPS) is 18.4. The third kappa shape index (κ3) is 2.85. The number of phenols is 1. The maximum atomic E-state index is 12.7. The Hall–Kier alpha value is -2.27. The van der Waals surface area contributed by atoms with Crippen molar-refractivity contribution >= 4 is 5.91 Å². The number of phenolic OH excluding ortho intramolecular Hbond substituents is 1. The third-order valence-corrected chi connectivity index (χ3v) is 3.91. The highest BCUT2D eigenvalue weighted by Gasteiger charge is 2.28. The van der Waals surface area contributed by atoms with Gasteiger partial charge >= 0.3 is 0 Å². The summed E-state index contributed by atoms with van der Waals surface area (Å²) in [6.45, 7) is 3.39. The first kappa shape index (κ1) is 14.7. The number of hydrogen-bond donors (Lipinski definition) is 1. The molecule has 1 amide bonds. The highest BCUT2D eigenvalue weighted by molar-refractivity contribution is 5.97. The summed E-state index contributed by atoms with van der Waals surface area (Å²) in [6, 6.07) is 8.81. The lowest BCUT2D eigenvalue weighted by Crippen LogP contribution is -2.42. The molecule has 5 nitrogen and oxygen atoms in total. The zero-order chi connectivity index (χ0) is 15.5. The summed E-state index contributed by atoms with van der Waals surface area (Å²) in [4.78, 5) is 14.4. The largest absolute Gasteiger partial charge is 0.507 e. The van der Waals surface area contributed by atoms with Crippen LogP contribution in [0.1, 0.15) is 34.7 Å². The number of aryl methyl sites for hydroxylation is 1. The number of ether oxygens (including phenoxy) is 1. The summed E-state index contributed by atoms with van der Waals surface area (Å²) in [5, 5.41) is 9.98. The Kier molecular flexibility index (Phi) is 4.15. The van der Waals surface area contributed by atoms with Crippen LogP contribution in [-0.4, -0.2) is 35.6 Å². The van der Waals surface area contributed by atoms with Gasteiger partial charge < -0.3 is 19.2 Å². The minimum atomic E-state index is -0.260. The van der Waals surface area contributed by atoms with Crippen LogP contribution < -0.4 is 0 Å².